The zero-order chi connectivity index (χ0) is 17.5. The van der Waals surface area contributed by atoms with Crippen LogP contribution < -0.4 is 5.32 Å². The number of aromatic amines is 1. The summed E-state index contributed by atoms with van der Waals surface area (Å²) in [6.07, 6.45) is 5.79. The number of methoxy groups -OCH3 is 1. The molecule has 1 aromatic heterocycles. The molecule has 0 aliphatic carbocycles. The second-order valence-electron chi connectivity index (χ2n) is 6.58. The summed E-state index contributed by atoms with van der Waals surface area (Å²) < 4.78 is 5.10. The number of nitrogens with zero attached hydrogens (tertiary/aromatic N) is 2. The third-order valence-corrected chi connectivity index (χ3v) is 4.70. The molecule has 0 spiro atoms. The molecule has 3 rings (SSSR count). The van der Waals surface area contributed by atoms with Crippen LogP contribution in [0.4, 0.5) is 0 Å². The Morgan fingerprint density at radius 2 is 2.36 bits per heavy atom. The largest absolute Gasteiger partial charge is 0.385 e. The van der Waals surface area contributed by atoms with Gasteiger partial charge in [-0.05, 0) is 43.0 Å². The molecule has 1 aliphatic rings. The van der Waals surface area contributed by atoms with Crippen LogP contribution >= 0.6 is 0 Å². The molecule has 1 fully saturated rings. The maximum atomic E-state index is 12.5. The quantitative estimate of drug-likeness (QED) is 0.721. The first kappa shape index (κ1) is 17.6. The Morgan fingerprint density at radius 3 is 3.16 bits per heavy atom. The summed E-state index contributed by atoms with van der Waals surface area (Å²) in [6, 6.07) is 7.65. The number of ether oxygens (including phenoxy) is 1. The Morgan fingerprint density at radius 1 is 1.44 bits per heavy atom. The van der Waals surface area contributed by atoms with E-state index in [0.29, 0.717) is 11.5 Å². The van der Waals surface area contributed by atoms with E-state index >= 15 is 0 Å². The number of carbonyl (C=O) groups excluding carboxylic acids is 1. The van der Waals surface area contributed by atoms with Gasteiger partial charge >= 0.3 is 0 Å². The maximum Gasteiger partial charge on any atom is 0.251 e. The number of benzene rings is 1. The van der Waals surface area contributed by atoms with Crippen molar-refractivity contribution >= 4 is 5.91 Å². The molecule has 0 unspecified atom stereocenters. The lowest BCUT2D eigenvalue weighted by molar-refractivity contribution is 0.0947. The molecule has 6 nitrogen and oxygen atoms in total. The fourth-order valence-corrected chi connectivity index (χ4v) is 3.30. The van der Waals surface area contributed by atoms with Gasteiger partial charge in [-0.1, -0.05) is 12.1 Å². The molecule has 1 atom stereocenters. The molecule has 2 aromatic rings. The summed E-state index contributed by atoms with van der Waals surface area (Å²) in [7, 11) is 1.74. The average Bonchev–Trinajstić information content (AvgIpc) is 3.32. The van der Waals surface area contributed by atoms with Gasteiger partial charge in [0.05, 0.1) is 6.20 Å². The number of aromatic nitrogens is 2. The number of H-pyrrole nitrogens is 1. The lowest BCUT2D eigenvalue weighted by Gasteiger charge is -2.16. The number of carbonyl (C=O) groups is 1. The molecule has 0 bridgehead atoms. The summed E-state index contributed by atoms with van der Waals surface area (Å²) in [5, 5.41) is 9.84. The summed E-state index contributed by atoms with van der Waals surface area (Å²) in [6.45, 7) is 4.78. The second-order valence-corrected chi connectivity index (χ2v) is 6.58. The van der Waals surface area contributed by atoms with Crippen molar-refractivity contribution in [3.63, 3.8) is 0 Å². The molecule has 25 heavy (non-hydrogen) atoms. The molecule has 134 valence electrons. The summed E-state index contributed by atoms with van der Waals surface area (Å²) >= 11 is 0. The van der Waals surface area contributed by atoms with Gasteiger partial charge in [0, 0.05) is 50.7 Å². The maximum absolute atomic E-state index is 12.5. The highest BCUT2D eigenvalue weighted by Crippen LogP contribution is 2.19. The topological polar surface area (TPSA) is 70.2 Å². The van der Waals surface area contributed by atoms with Gasteiger partial charge in [-0.3, -0.25) is 9.89 Å². The van der Waals surface area contributed by atoms with E-state index in [-0.39, 0.29) is 5.91 Å². The van der Waals surface area contributed by atoms with Crippen LogP contribution in [0.1, 0.15) is 23.2 Å². The molecule has 1 aromatic carbocycles. The van der Waals surface area contributed by atoms with Crippen molar-refractivity contribution < 1.29 is 9.53 Å². The highest BCUT2D eigenvalue weighted by molar-refractivity contribution is 5.95. The van der Waals surface area contributed by atoms with E-state index < -0.39 is 0 Å². The molecule has 1 aliphatic heterocycles. The van der Waals surface area contributed by atoms with Crippen molar-refractivity contribution in [2.75, 3.05) is 39.9 Å². The van der Waals surface area contributed by atoms with Crippen LogP contribution in [0.5, 0.6) is 0 Å². The van der Waals surface area contributed by atoms with E-state index in [2.05, 4.69) is 20.4 Å². The molecule has 2 N–H and O–H groups in total. The minimum Gasteiger partial charge on any atom is -0.385 e. The van der Waals surface area contributed by atoms with Crippen LogP contribution in [-0.2, 0) is 4.74 Å². The van der Waals surface area contributed by atoms with E-state index in [4.69, 9.17) is 4.74 Å². The van der Waals surface area contributed by atoms with Gasteiger partial charge in [0.25, 0.3) is 5.91 Å². The SMILES string of the molecule is COCCCN1CC[C@H](CNC(=O)c2cccc(-c3cn[nH]c3)c2)C1. The molecule has 0 saturated carbocycles. The molecule has 0 radical (unpaired) electrons. The molecular weight excluding hydrogens is 316 g/mol. The van der Waals surface area contributed by atoms with Crippen LogP contribution in [0.3, 0.4) is 0 Å². The number of amides is 1. The lowest BCUT2D eigenvalue weighted by Crippen LogP contribution is -2.31. The first-order valence-electron chi connectivity index (χ1n) is 8.85. The fraction of sp³-hybridized carbons (Fsp3) is 0.474. The van der Waals surface area contributed by atoms with Crippen LogP contribution in [0.25, 0.3) is 11.1 Å². The van der Waals surface area contributed by atoms with Crippen molar-refractivity contribution in [3.8, 4) is 11.1 Å². The molecule has 6 heteroatoms. The smallest absolute Gasteiger partial charge is 0.251 e. The number of likely N-dealkylation sites (tertiary alicyclic amines) is 1. The van der Waals surface area contributed by atoms with Gasteiger partial charge in [-0.15, -0.1) is 0 Å². The van der Waals surface area contributed by atoms with Crippen molar-refractivity contribution in [1.29, 1.82) is 0 Å². The zero-order valence-electron chi connectivity index (χ0n) is 14.7. The first-order chi connectivity index (χ1) is 12.3. The second kappa shape index (κ2) is 8.78. The standard InChI is InChI=1S/C19H26N4O2/c1-25-9-3-7-23-8-6-15(14-23)11-20-19(24)17-5-2-4-16(10-17)18-12-21-22-13-18/h2,4-5,10,12-13,15H,3,6-9,11,14H2,1H3,(H,20,24)(H,21,22)/t15-/m1/s1. The average molecular weight is 342 g/mol. The van der Waals surface area contributed by atoms with Crippen LogP contribution in [-0.4, -0.2) is 60.9 Å². The minimum atomic E-state index is -0.0109. The van der Waals surface area contributed by atoms with Crippen molar-refractivity contribution in [2.24, 2.45) is 5.92 Å². The van der Waals surface area contributed by atoms with Crippen molar-refractivity contribution in [3.05, 3.63) is 42.2 Å². The molecular formula is C19H26N4O2. The van der Waals surface area contributed by atoms with Gasteiger partial charge in [0.15, 0.2) is 0 Å². The van der Waals surface area contributed by atoms with Crippen LogP contribution in [0.2, 0.25) is 0 Å². The Balaban J connectivity index is 1.48. The molecule has 1 saturated heterocycles. The van der Waals surface area contributed by atoms with E-state index in [1.165, 1.54) is 0 Å². The summed E-state index contributed by atoms with van der Waals surface area (Å²) in [5.74, 6) is 0.520. The Bertz CT molecular complexity index is 672. The van der Waals surface area contributed by atoms with Crippen LogP contribution in [0.15, 0.2) is 36.7 Å². The Hall–Kier alpha value is -2.18. The van der Waals surface area contributed by atoms with Gasteiger partial charge in [-0.25, -0.2) is 0 Å². The lowest BCUT2D eigenvalue weighted by atomic mass is 10.1. The predicted octanol–water partition coefficient (Wildman–Crippen LogP) is 2.16. The third-order valence-electron chi connectivity index (χ3n) is 4.70. The number of hydrogen-bond acceptors (Lipinski definition) is 4. The Kier molecular flexibility index (Phi) is 6.19. The van der Waals surface area contributed by atoms with E-state index in [1.807, 2.05) is 30.5 Å². The normalized spacial score (nSPS) is 17.7. The first-order valence-corrected chi connectivity index (χ1v) is 8.85. The monoisotopic (exact) mass is 342 g/mol. The summed E-state index contributed by atoms with van der Waals surface area (Å²) in [4.78, 5) is 14.9. The van der Waals surface area contributed by atoms with Gasteiger partial charge in [0.1, 0.15) is 0 Å². The fourth-order valence-electron chi connectivity index (χ4n) is 3.30. The molecule has 2 heterocycles. The highest BCUT2D eigenvalue weighted by atomic mass is 16.5. The molecule has 1 amide bonds. The third kappa shape index (κ3) is 4.90. The van der Waals surface area contributed by atoms with Crippen molar-refractivity contribution in [1.82, 2.24) is 20.4 Å². The highest BCUT2D eigenvalue weighted by Gasteiger charge is 2.22. The van der Waals surface area contributed by atoms with Crippen LogP contribution in [0, 0.1) is 5.92 Å². The number of rotatable bonds is 8. The minimum absolute atomic E-state index is 0.0109. The van der Waals surface area contributed by atoms with Crippen molar-refractivity contribution in [2.45, 2.75) is 12.8 Å². The number of hydrogen-bond donors (Lipinski definition) is 2. The van der Waals surface area contributed by atoms with Gasteiger partial charge in [-0.2, -0.15) is 5.10 Å². The van der Waals surface area contributed by atoms with Gasteiger partial charge < -0.3 is 15.0 Å². The van der Waals surface area contributed by atoms with E-state index in [9.17, 15) is 4.79 Å². The predicted molar refractivity (Wildman–Crippen MR) is 97.4 cm³/mol. The number of nitrogens with one attached hydrogen (secondary N) is 2. The van der Waals surface area contributed by atoms with E-state index in [0.717, 1.165) is 56.8 Å². The summed E-state index contributed by atoms with van der Waals surface area (Å²) in [5.41, 5.74) is 2.66. The Labute approximate surface area is 148 Å². The van der Waals surface area contributed by atoms with Gasteiger partial charge in [0.2, 0.25) is 0 Å². The zero-order valence-corrected chi connectivity index (χ0v) is 14.7. The van der Waals surface area contributed by atoms with E-state index in [1.54, 1.807) is 13.3 Å².